The summed E-state index contributed by atoms with van der Waals surface area (Å²) in [4.78, 5) is 11.8. The Labute approximate surface area is 119 Å². The van der Waals surface area contributed by atoms with Crippen LogP contribution in [0.1, 0.15) is 23.7 Å². The minimum atomic E-state index is -0.211. The molecule has 2 aromatic rings. The summed E-state index contributed by atoms with van der Waals surface area (Å²) in [6.07, 6.45) is 1.96. The number of hydrogen-bond donors (Lipinski definition) is 2. The molecule has 2 amide bonds. The van der Waals surface area contributed by atoms with E-state index in [2.05, 4.69) is 15.7 Å². The van der Waals surface area contributed by atoms with Crippen LogP contribution in [-0.4, -0.2) is 15.8 Å². The van der Waals surface area contributed by atoms with Gasteiger partial charge in [-0.2, -0.15) is 5.10 Å². The molecule has 0 saturated carbocycles. The molecule has 0 atom stereocenters. The zero-order valence-corrected chi connectivity index (χ0v) is 12.1. The Morgan fingerprint density at radius 1 is 1.25 bits per heavy atom. The number of anilines is 1. The average molecular weight is 272 g/mol. The second-order valence-electron chi connectivity index (χ2n) is 4.77. The van der Waals surface area contributed by atoms with Crippen LogP contribution >= 0.6 is 0 Å². The molecule has 20 heavy (non-hydrogen) atoms. The fourth-order valence-electron chi connectivity index (χ4n) is 1.88. The number of rotatable bonds is 4. The molecule has 1 aromatic carbocycles. The van der Waals surface area contributed by atoms with Gasteiger partial charge in [0.05, 0.1) is 5.69 Å². The van der Waals surface area contributed by atoms with Crippen molar-refractivity contribution in [2.75, 3.05) is 5.32 Å². The van der Waals surface area contributed by atoms with E-state index < -0.39 is 0 Å². The van der Waals surface area contributed by atoms with Crippen LogP contribution in [0.3, 0.4) is 0 Å². The highest BCUT2D eigenvalue weighted by Gasteiger charge is 2.06. The van der Waals surface area contributed by atoms with Crippen molar-refractivity contribution in [3.8, 4) is 0 Å². The molecule has 1 aromatic heterocycles. The van der Waals surface area contributed by atoms with E-state index in [0.717, 1.165) is 23.5 Å². The van der Waals surface area contributed by atoms with Crippen molar-refractivity contribution in [1.82, 2.24) is 15.1 Å². The number of urea groups is 1. The summed E-state index contributed by atoms with van der Waals surface area (Å²) in [6, 6.07) is 7.48. The number of aromatic nitrogens is 2. The number of aryl methyl sites for hydroxylation is 3. The molecule has 0 bridgehead atoms. The molecule has 0 aliphatic rings. The molecule has 5 heteroatoms. The van der Waals surface area contributed by atoms with Gasteiger partial charge in [-0.1, -0.05) is 17.7 Å². The third kappa shape index (κ3) is 3.60. The SMILES string of the molecule is CCn1cc(CNC(=O)Nc2ccc(C)cc2)c(C)n1. The summed E-state index contributed by atoms with van der Waals surface area (Å²) >= 11 is 0. The van der Waals surface area contributed by atoms with E-state index in [1.807, 2.05) is 55.9 Å². The zero-order valence-electron chi connectivity index (χ0n) is 12.1. The first kappa shape index (κ1) is 14.1. The number of amides is 2. The van der Waals surface area contributed by atoms with E-state index >= 15 is 0 Å². The molecule has 0 spiro atoms. The van der Waals surface area contributed by atoms with Crippen LogP contribution in [0, 0.1) is 13.8 Å². The first-order chi connectivity index (χ1) is 9.58. The van der Waals surface area contributed by atoms with Crippen LogP contribution in [0.4, 0.5) is 10.5 Å². The summed E-state index contributed by atoms with van der Waals surface area (Å²) in [6.45, 7) is 7.30. The molecule has 0 fully saturated rings. The number of hydrogen-bond acceptors (Lipinski definition) is 2. The van der Waals surface area contributed by atoms with Gasteiger partial charge in [-0.15, -0.1) is 0 Å². The number of benzene rings is 1. The smallest absolute Gasteiger partial charge is 0.319 e. The maximum Gasteiger partial charge on any atom is 0.319 e. The Hall–Kier alpha value is -2.30. The summed E-state index contributed by atoms with van der Waals surface area (Å²) in [7, 11) is 0. The molecule has 2 N–H and O–H groups in total. The van der Waals surface area contributed by atoms with Gasteiger partial charge in [-0.3, -0.25) is 4.68 Å². The summed E-state index contributed by atoms with van der Waals surface area (Å²) in [5.74, 6) is 0. The van der Waals surface area contributed by atoms with Gasteiger partial charge in [-0.05, 0) is 32.9 Å². The maximum absolute atomic E-state index is 11.8. The second kappa shape index (κ2) is 6.23. The van der Waals surface area contributed by atoms with Crippen molar-refractivity contribution in [1.29, 1.82) is 0 Å². The predicted molar refractivity (Wildman–Crippen MR) is 79.7 cm³/mol. The Kier molecular flexibility index (Phi) is 4.40. The maximum atomic E-state index is 11.8. The van der Waals surface area contributed by atoms with Gasteiger partial charge in [0.1, 0.15) is 0 Å². The lowest BCUT2D eigenvalue weighted by Gasteiger charge is -2.07. The van der Waals surface area contributed by atoms with Crippen LogP contribution in [-0.2, 0) is 13.1 Å². The Morgan fingerprint density at radius 2 is 1.95 bits per heavy atom. The fourth-order valence-corrected chi connectivity index (χ4v) is 1.88. The van der Waals surface area contributed by atoms with Crippen LogP contribution in [0.25, 0.3) is 0 Å². The van der Waals surface area contributed by atoms with Crippen LogP contribution in [0.2, 0.25) is 0 Å². The molecule has 0 aliphatic heterocycles. The van der Waals surface area contributed by atoms with E-state index in [1.165, 1.54) is 5.56 Å². The van der Waals surface area contributed by atoms with Crippen molar-refractivity contribution in [2.45, 2.75) is 33.9 Å². The number of carbonyl (C=O) groups is 1. The minimum absolute atomic E-state index is 0.211. The van der Waals surface area contributed by atoms with Crippen molar-refractivity contribution in [3.63, 3.8) is 0 Å². The molecule has 5 nitrogen and oxygen atoms in total. The molecule has 0 unspecified atom stereocenters. The topological polar surface area (TPSA) is 59.0 Å². The van der Waals surface area contributed by atoms with E-state index in [0.29, 0.717) is 6.54 Å². The van der Waals surface area contributed by atoms with Crippen molar-refractivity contribution in [3.05, 3.63) is 47.3 Å². The van der Waals surface area contributed by atoms with Crippen LogP contribution in [0.5, 0.6) is 0 Å². The molecule has 1 heterocycles. The van der Waals surface area contributed by atoms with E-state index in [9.17, 15) is 4.79 Å². The molecule has 0 saturated heterocycles. The largest absolute Gasteiger partial charge is 0.334 e. The van der Waals surface area contributed by atoms with E-state index in [4.69, 9.17) is 0 Å². The van der Waals surface area contributed by atoms with Gasteiger partial charge in [-0.25, -0.2) is 4.79 Å². The molecular weight excluding hydrogens is 252 g/mol. The van der Waals surface area contributed by atoms with Crippen molar-refractivity contribution < 1.29 is 4.79 Å². The molecule has 0 aliphatic carbocycles. The van der Waals surface area contributed by atoms with Gasteiger partial charge in [0.15, 0.2) is 0 Å². The number of carbonyl (C=O) groups excluding carboxylic acids is 1. The van der Waals surface area contributed by atoms with Crippen LogP contribution < -0.4 is 10.6 Å². The van der Waals surface area contributed by atoms with Gasteiger partial charge in [0.2, 0.25) is 0 Å². The second-order valence-corrected chi connectivity index (χ2v) is 4.77. The first-order valence-corrected chi connectivity index (χ1v) is 6.73. The fraction of sp³-hybridized carbons (Fsp3) is 0.333. The zero-order chi connectivity index (χ0) is 14.5. The quantitative estimate of drug-likeness (QED) is 0.899. The Bertz CT molecular complexity index is 586. The average Bonchev–Trinajstić information content (AvgIpc) is 2.80. The first-order valence-electron chi connectivity index (χ1n) is 6.73. The van der Waals surface area contributed by atoms with Gasteiger partial charge < -0.3 is 10.6 Å². The van der Waals surface area contributed by atoms with Crippen LogP contribution in [0.15, 0.2) is 30.5 Å². The lowest BCUT2D eigenvalue weighted by atomic mass is 10.2. The lowest BCUT2D eigenvalue weighted by molar-refractivity contribution is 0.251. The number of nitrogens with zero attached hydrogens (tertiary/aromatic N) is 2. The van der Waals surface area contributed by atoms with E-state index in [-0.39, 0.29) is 6.03 Å². The van der Waals surface area contributed by atoms with Crippen molar-refractivity contribution in [2.24, 2.45) is 0 Å². The monoisotopic (exact) mass is 272 g/mol. The predicted octanol–water partition coefficient (Wildman–Crippen LogP) is 2.84. The van der Waals surface area contributed by atoms with Crippen molar-refractivity contribution >= 4 is 11.7 Å². The van der Waals surface area contributed by atoms with Gasteiger partial charge >= 0.3 is 6.03 Å². The Balaban J connectivity index is 1.88. The highest BCUT2D eigenvalue weighted by atomic mass is 16.2. The summed E-state index contributed by atoms with van der Waals surface area (Å²) < 4.78 is 1.87. The molecule has 106 valence electrons. The lowest BCUT2D eigenvalue weighted by Crippen LogP contribution is -2.28. The summed E-state index contributed by atoms with van der Waals surface area (Å²) in [5.41, 5.74) is 3.93. The Morgan fingerprint density at radius 3 is 2.55 bits per heavy atom. The van der Waals surface area contributed by atoms with Gasteiger partial charge in [0.25, 0.3) is 0 Å². The molecule has 2 rings (SSSR count). The normalized spacial score (nSPS) is 10.3. The standard InChI is InChI=1S/C15H20N4O/c1-4-19-10-13(12(3)18-19)9-16-15(20)17-14-7-5-11(2)6-8-14/h5-8,10H,4,9H2,1-3H3,(H2,16,17,20). The highest BCUT2D eigenvalue weighted by molar-refractivity contribution is 5.89. The highest BCUT2D eigenvalue weighted by Crippen LogP contribution is 2.09. The number of nitrogens with one attached hydrogen (secondary N) is 2. The third-order valence-corrected chi connectivity index (χ3v) is 3.12. The van der Waals surface area contributed by atoms with E-state index in [1.54, 1.807) is 0 Å². The van der Waals surface area contributed by atoms with Gasteiger partial charge in [0, 0.05) is 30.5 Å². The third-order valence-electron chi connectivity index (χ3n) is 3.12. The molecule has 0 radical (unpaired) electrons. The molecular formula is C15H20N4O. The minimum Gasteiger partial charge on any atom is -0.334 e. The summed E-state index contributed by atoms with van der Waals surface area (Å²) in [5, 5.41) is 9.99.